The number of phenolic OH excluding ortho intramolecular Hbond substituents is 2. The molecule has 0 atom stereocenters. The third-order valence-corrected chi connectivity index (χ3v) is 2.65. The van der Waals surface area contributed by atoms with Crippen molar-refractivity contribution in [3.8, 4) is 11.5 Å². The third-order valence-electron chi connectivity index (χ3n) is 2.65. The maximum absolute atomic E-state index is 11.8. The van der Waals surface area contributed by atoms with Gasteiger partial charge in [0.05, 0.1) is 17.8 Å². The van der Waals surface area contributed by atoms with Crippen molar-refractivity contribution >= 4 is 17.6 Å². The molecule has 0 bridgehead atoms. The average Bonchev–Trinajstić information content (AvgIpc) is 2.93. The zero-order chi connectivity index (χ0) is 17.0. The van der Waals surface area contributed by atoms with Gasteiger partial charge in [-0.2, -0.15) is 9.78 Å². The highest BCUT2D eigenvalue weighted by atomic mass is 16.6. The quantitative estimate of drug-likeness (QED) is 0.409. The first-order valence-corrected chi connectivity index (χ1v) is 6.26. The summed E-state index contributed by atoms with van der Waals surface area (Å²) < 4.78 is 1.20. The van der Waals surface area contributed by atoms with E-state index < -0.39 is 16.8 Å². The van der Waals surface area contributed by atoms with Crippen molar-refractivity contribution in [3.63, 3.8) is 0 Å². The van der Waals surface area contributed by atoms with Crippen molar-refractivity contribution < 1.29 is 19.9 Å². The SMILES string of the molecule is C/C(Cn1cnc([N+](=O)[O-])n1)=N/NC(=O)c1ccc(O)cc1O. The molecule has 120 valence electrons. The number of nitrogens with one attached hydrogen (secondary N) is 1. The van der Waals surface area contributed by atoms with Crippen molar-refractivity contribution in [2.45, 2.75) is 13.5 Å². The van der Waals surface area contributed by atoms with E-state index in [1.807, 2.05) is 0 Å². The fourth-order valence-electron chi connectivity index (χ4n) is 1.63. The van der Waals surface area contributed by atoms with Crippen molar-refractivity contribution in [1.82, 2.24) is 20.2 Å². The van der Waals surface area contributed by atoms with E-state index in [9.17, 15) is 20.0 Å². The highest BCUT2D eigenvalue weighted by Gasteiger charge is 2.14. The van der Waals surface area contributed by atoms with E-state index >= 15 is 0 Å². The number of nitrogens with zero attached hydrogens (tertiary/aromatic N) is 5. The molecule has 2 aromatic rings. The molecule has 11 nitrogen and oxygen atoms in total. The monoisotopic (exact) mass is 320 g/mol. The molecular weight excluding hydrogens is 308 g/mol. The van der Waals surface area contributed by atoms with Gasteiger partial charge in [-0.3, -0.25) is 4.79 Å². The van der Waals surface area contributed by atoms with E-state index in [1.54, 1.807) is 6.92 Å². The van der Waals surface area contributed by atoms with Crippen molar-refractivity contribution in [2.24, 2.45) is 5.10 Å². The molecule has 11 heteroatoms. The Balaban J connectivity index is 2.00. The molecule has 0 aliphatic heterocycles. The second-order valence-electron chi connectivity index (χ2n) is 4.49. The van der Waals surface area contributed by atoms with Crippen LogP contribution in [0.25, 0.3) is 0 Å². The molecule has 1 aromatic carbocycles. The summed E-state index contributed by atoms with van der Waals surface area (Å²) in [7, 11) is 0. The van der Waals surface area contributed by atoms with Crippen LogP contribution in [0.4, 0.5) is 5.95 Å². The summed E-state index contributed by atoms with van der Waals surface area (Å²) in [5.74, 6) is -1.77. The van der Waals surface area contributed by atoms with Crippen LogP contribution in [-0.2, 0) is 6.54 Å². The number of hydrazone groups is 1. The van der Waals surface area contributed by atoms with Gasteiger partial charge < -0.3 is 20.3 Å². The number of rotatable bonds is 5. The van der Waals surface area contributed by atoms with E-state index in [4.69, 9.17) is 5.11 Å². The Morgan fingerprint density at radius 1 is 1.48 bits per heavy atom. The second kappa shape index (κ2) is 6.51. The molecule has 0 unspecified atom stereocenters. The van der Waals surface area contributed by atoms with Crippen LogP contribution in [0.2, 0.25) is 0 Å². The first kappa shape index (κ1) is 15.9. The predicted molar refractivity (Wildman–Crippen MR) is 77.0 cm³/mol. The summed E-state index contributed by atoms with van der Waals surface area (Å²) in [4.78, 5) is 25.1. The zero-order valence-corrected chi connectivity index (χ0v) is 11.9. The van der Waals surface area contributed by atoms with Crippen LogP contribution in [0.3, 0.4) is 0 Å². The van der Waals surface area contributed by atoms with E-state index in [1.165, 1.54) is 23.1 Å². The minimum Gasteiger partial charge on any atom is -0.508 e. The number of benzene rings is 1. The lowest BCUT2D eigenvalue weighted by atomic mass is 10.2. The highest BCUT2D eigenvalue weighted by molar-refractivity contribution is 5.97. The van der Waals surface area contributed by atoms with Gasteiger partial charge in [-0.25, -0.2) is 5.43 Å². The largest absolute Gasteiger partial charge is 0.508 e. The molecule has 2 rings (SSSR count). The molecule has 0 aliphatic rings. The lowest BCUT2D eigenvalue weighted by Crippen LogP contribution is -2.20. The lowest BCUT2D eigenvalue weighted by molar-refractivity contribution is -0.394. The van der Waals surface area contributed by atoms with Crippen LogP contribution < -0.4 is 5.43 Å². The van der Waals surface area contributed by atoms with Gasteiger partial charge in [-0.05, 0) is 24.0 Å². The fourth-order valence-corrected chi connectivity index (χ4v) is 1.63. The minimum absolute atomic E-state index is 0.0595. The number of phenols is 2. The van der Waals surface area contributed by atoms with Gasteiger partial charge in [-0.1, -0.05) is 4.98 Å². The number of hydrogen-bond acceptors (Lipinski definition) is 8. The topological polar surface area (TPSA) is 156 Å². The fraction of sp³-hybridized carbons (Fsp3) is 0.167. The molecule has 0 fully saturated rings. The molecule has 0 aliphatic carbocycles. The molecule has 23 heavy (non-hydrogen) atoms. The number of aromatic hydroxyl groups is 2. The Hall–Kier alpha value is -3.50. The summed E-state index contributed by atoms with van der Waals surface area (Å²) in [6.07, 6.45) is 1.17. The number of aromatic nitrogens is 3. The zero-order valence-electron chi connectivity index (χ0n) is 11.9. The van der Waals surface area contributed by atoms with E-state index in [2.05, 4.69) is 20.6 Å². The summed E-state index contributed by atoms with van der Waals surface area (Å²) in [5.41, 5.74) is 2.56. The summed E-state index contributed by atoms with van der Waals surface area (Å²) in [6.45, 7) is 1.66. The summed E-state index contributed by atoms with van der Waals surface area (Å²) in [6, 6.07) is 3.52. The van der Waals surface area contributed by atoms with Gasteiger partial charge in [0.1, 0.15) is 11.5 Å². The summed E-state index contributed by atoms with van der Waals surface area (Å²) in [5, 5.41) is 36.6. The maximum Gasteiger partial charge on any atom is 0.490 e. The summed E-state index contributed by atoms with van der Waals surface area (Å²) >= 11 is 0. The minimum atomic E-state index is -0.724. The van der Waals surface area contributed by atoms with Crippen LogP contribution in [0.15, 0.2) is 29.6 Å². The first-order valence-electron chi connectivity index (χ1n) is 6.26. The number of nitro groups is 1. The lowest BCUT2D eigenvalue weighted by Gasteiger charge is -2.04. The second-order valence-corrected chi connectivity index (χ2v) is 4.49. The van der Waals surface area contributed by atoms with Crippen molar-refractivity contribution in [1.29, 1.82) is 0 Å². The average molecular weight is 320 g/mol. The van der Waals surface area contributed by atoms with Gasteiger partial charge in [0.25, 0.3) is 5.91 Å². The van der Waals surface area contributed by atoms with Gasteiger partial charge in [-0.15, -0.1) is 0 Å². The third kappa shape index (κ3) is 4.00. The highest BCUT2D eigenvalue weighted by Crippen LogP contribution is 2.22. The molecule has 1 aromatic heterocycles. The van der Waals surface area contributed by atoms with E-state index in [0.717, 1.165) is 6.07 Å². The van der Waals surface area contributed by atoms with E-state index in [-0.39, 0.29) is 23.6 Å². The molecule has 0 spiro atoms. The molecular formula is C12H12N6O5. The van der Waals surface area contributed by atoms with Crippen LogP contribution in [0.5, 0.6) is 11.5 Å². The van der Waals surface area contributed by atoms with Gasteiger partial charge >= 0.3 is 5.95 Å². The van der Waals surface area contributed by atoms with Crippen LogP contribution in [-0.4, -0.2) is 41.5 Å². The number of amides is 1. The molecule has 0 saturated carbocycles. The predicted octanol–water partition coefficient (Wildman–Crippen LogP) is 0.403. The first-order chi connectivity index (χ1) is 10.9. The Morgan fingerprint density at radius 3 is 2.83 bits per heavy atom. The van der Waals surface area contributed by atoms with Gasteiger partial charge in [0.2, 0.25) is 6.33 Å². The molecule has 0 radical (unpaired) electrons. The normalized spacial score (nSPS) is 11.3. The molecule has 1 heterocycles. The van der Waals surface area contributed by atoms with Gasteiger partial charge in [0.15, 0.2) is 0 Å². The van der Waals surface area contributed by atoms with Crippen LogP contribution >= 0.6 is 0 Å². The smallest absolute Gasteiger partial charge is 0.490 e. The van der Waals surface area contributed by atoms with Crippen LogP contribution in [0.1, 0.15) is 17.3 Å². The Bertz CT molecular complexity index is 784. The van der Waals surface area contributed by atoms with Crippen molar-refractivity contribution in [3.05, 3.63) is 40.2 Å². The van der Waals surface area contributed by atoms with Crippen LogP contribution in [0, 0.1) is 10.1 Å². The number of carbonyl (C=O) groups excluding carboxylic acids is 1. The Morgan fingerprint density at radius 2 is 2.22 bits per heavy atom. The molecule has 0 saturated heterocycles. The Kier molecular flexibility index (Phi) is 4.50. The molecule has 3 N–H and O–H groups in total. The molecule has 1 amide bonds. The van der Waals surface area contributed by atoms with Crippen molar-refractivity contribution in [2.75, 3.05) is 0 Å². The maximum atomic E-state index is 11.8. The number of hydrogen-bond donors (Lipinski definition) is 3. The Labute approximate surface area is 129 Å². The van der Waals surface area contributed by atoms with E-state index in [0.29, 0.717) is 5.71 Å². The van der Waals surface area contributed by atoms with Gasteiger partial charge in [0, 0.05) is 11.2 Å². The number of carbonyl (C=O) groups is 1. The standard InChI is InChI=1S/C12H12N6O5/c1-7(5-17-6-13-12(16-17)18(22)23)14-15-11(21)9-3-2-8(19)4-10(9)20/h2-4,6,19-20H,5H2,1H3,(H,15,21)/b14-7-.